The lowest BCUT2D eigenvalue weighted by atomic mass is 10.2. The molecule has 1 N–H and O–H groups in total. The van der Waals surface area contributed by atoms with E-state index in [4.69, 9.17) is 0 Å². The summed E-state index contributed by atoms with van der Waals surface area (Å²) in [5, 5.41) is 0. The van der Waals surface area contributed by atoms with Crippen molar-refractivity contribution >= 4 is 5.95 Å². The summed E-state index contributed by atoms with van der Waals surface area (Å²) < 4.78 is 26.3. The molecule has 0 atom stereocenters. The summed E-state index contributed by atoms with van der Waals surface area (Å²) in [6, 6.07) is 5.69. The monoisotopic (exact) mass is 264 g/mol. The molecule has 3 heterocycles. The van der Waals surface area contributed by atoms with Crippen molar-refractivity contribution in [3.63, 3.8) is 0 Å². The van der Waals surface area contributed by atoms with E-state index in [1.807, 2.05) is 18.2 Å². The second kappa shape index (κ2) is 4.60. The molecular formula is C13H14F2N4. The summed E-state index contributed by atoms with van der Waals surface area (Å²) in [4.78, 5) is 13.1. The number of imidazole rings is 1. The Morgan fingerprint density at radius 1 is 1.32 bits per heavy atom. The number of aromatic amines is 1. The Labute approximate surface area is 109 Å². The highest BCUT2D eigenvalue weighted by molar-refractivity contribution is 5.34. The Hall–Kier alpha value is -1.98. The van der Waals surface area contributed by atoms with Crippen LogP contribution in [0.4, 0.5) is 14.7 Å². The standard InChI is InChI=1S/C13H14F2N4/c14-13(15)4-6-19(9-13)12-17-8-11(18-12)7-10-3-1-2-5-16-10/h1-3,5,8H,4,6-7,9H2,(H,17,18). The lowest BCUT2D eigenvalue weighted by molar-refractivity contribution is 0.0256. The molecule has 1 fully saturated rings. The highest BCUT2D eigenvalue weighted by Crippen LogP contribution is 2.29. The van der Waals surface area contributed by atoms with Gasteiger partial charge in [0.15, 0.2) is 0 Å². The number of nitrogens with one attached hydrogen (secondary N) is 1. The highest BCUT2D eigenvalue weighted by Gasteiger charge is 2.39. The van der Waals surface area contributed by atoms with E-state index in [-0.39, 0.29) is 13.0 Å². The summed E-state index contributed by atoms with van der Waals surface area (Å²) in [7, 11) is 0. The summed E-state index contributed by atoms with van der Waals surface area (Å²) in [5.74, 6) is -2.09. The number of nitrogens with zero attached hydrogens (tertiary/aromatic N) is 3. The number of alkyl halides is 2. The van der Waals surface area contributed by atoms with Crippen molar-refractivity contribution in [1.82, 2.24) is 15.0 Å². The van der Waals surface area contributed by atoms with Gasteiger partial charge in [-0.05, 0) is 12.1 Å². The molecule has 0 unspecified atom stereocenters. The molecule has 0 amide bonds. The first-order valence-electron chi connectivity index (χ1n) is 6.19. The van der Waals surface area contributed by atoms with E-state index in [1.165, 1.54) is 0 Å². The third-order valence-electron chi connectivity index (χ3n) is 3.18. The minimum Gasteiger partial charge on any atom is -0.336 e. The van der Waals surface area contributed by atoms with Crippen LogP contribution in [0.5, 0.6) is 0 Å². The average Bonchev–Trinajstić information content (AvgIpc) is 2.97. The second-order valence-corrected chi connectivity index (χ2v) is 4.76. The van der Waals surface area contributed by atoms with Gasteiger partial charge in [-0.3, -0.25) is 4.98 Å². The van der Waals surface area contributed by atoms with E-state index in [9.17, 15) is 8.78 Å². The van der Waals surface area contributed by atoms with E-state index in [0.29, 0.717) is 18.9 Å². The molecular weight excluding hydrogens is 250 g/mol. The summed E-state index contributed by atoms with van der Waals surface area (Å²) in [5.41, 5.74) is 1.80. The van der Waals surface area contributed by atoms with E-state index in [2.05, 4.69) is 15.0 Å². The Bertz CT molecular complexity index is 553. The van der Waals surface area contributed by atoms with Gasteiger partial charge in [0.2, 0.25) is 5.95 Å². The van der Waals surface area contributed by atoms with E-state index in [1.54, 1.807) is 17.3 Å². The van der Waals surface area contributed by atoms with Crippen molar-refractivity contribution in [2.24, 2.45) is 0 Å². The number of H-pyrrole nitrogens is 1. The molecule has 0 aliphatic carbocycles. The first kappa shape index (κ1) is 12.1. The SMILES string of the molecule is FC1(F)CCN(c2ncc(Cc3ccccn3)[nH]2)C1. The van der Waals surface area contributed by atoms with Crippen molar-refractivity contribution in [3.05, 3.63) is 42.0 Å². The number of hydrogen-bond donors (Lipinski definition) is 1. The molecule has 100 valence electrons. The normalized spacial score (nSPS) is 17.9. The zero-order valence-electron chi connectivity index (χ0n) is 10.3. The number of pyridine rings is 1. The predicted octanol–water partition coefficient (Wildman–Crippen LogP) is 2.24. The van der Waals surface area contributed by atoms with Gasteiger partial charge in [0.1, 0.15) is 0 Å². The Balaban J connectivity index is 1.70. The molecule has 0 aromatic carbocycles. The number of anilines is 1. The molecule has 6 heteroatoms. The van der Waals surface area contributed by atoms with Crippen LogP contribution in [-0.4, -0.2) is 34.0 Å². The number of hydrogen-bond acceptors (Lipinski definition) is 3. The molecule has 0 spiro atoms. The van der Waals surface area contributed by atoms with Gasteiger partial charge in [-0.15, -0.1) is 0 Å². The molecule has 19 heavy (non-hydrogen) atoms. The van der Waals surface area contributed by atoms with E-state index >= 15 is 0 Å². The molecule has 2 aromatic heterocycles. The zero-order chi connectivity index (χ0) is 13.3. The first-order chi connectivity index (χ1) is 9.12. The van der Waals surface area contributed by atoms with Crippen LogP contribution in [-0.2, 0) is 6.42 Å². The van der Waals surface area contributed by atoms with Gasteiger partial charge in [0, 0.05) is 37.0 Å². The largest absolute Gasteiger partial charge is 0.336 e. The molecule has 1 aliphatic rings. The smallest absolute Gasteiger partial charge is 0.267 e. The van der Waals surface area contributed by atoms with Crippen molar-refractivity contribution in [2.75, 3.05) is 18.0 Å². The van der Waals surface area contributed by atoms with Gasteiger partial charge >= 0.3 is 0 Å². The molecule has 4 nitrogen and oxygen atoms in total. The molecule has 0 radical (unpaired) electrons. The van der Waals surface area contributed by atoms with Crippen LogP contribution >= 0.6 is 0 Å². The Kier molecular flexibility index (Phi) is 2.93. The Morgan fingerprint density at radius 2 is 2.21 bits per heavy atom. The van der Waals surface area contributed by atoms with E-state index < -0.39 is 5.92 Å². The minimum absolute atomic E-state index is 0.108. The summed E-state index contributed by atoms with van der Waals surface area (Å²) >= 11 is 0. The van der Waals surface area contributed by atoms with Gasteiger partial charge in [-0.1, -0.05) is 6.07 Å². The van der Waals surface area contributed by atoms with Crippen LogP contribution in [0.2, 0.25) is 0 Å². The number of aromatic nitrogens is 3. The molecule has 1 saturated heterocycles. The fourth-order valence-electron chi connectivity index (χ4n) is 2.21. The number of rotatable bonds is 3. The van der Waals surface area contributed by atoms with Crippen LogP contribution in [0, 0.1) is 0 Å². The third kappa shape index (κ3) is 2.72. The Morgan fingerprint density at radius 3 is 2.89 bits per heavy atom. The number of halogens is 2. The van der Waals surface area contributed by atoms with Crippen molar-refractivity contribution in [2.45, 2.75) is 18.8 Å². The van der Waals surface area contributed by atoms with Crippen molar-refractivity contribution < 1.29 is 8.78 Å². The fourth-order valence-corrected chi connectivity index (χ4v) is 2.21. The summed E-state index contributed by atoms with van der Waals surface area (Å²) in [6.45, 7) is 0.0765. The highest BCUT2D eigenvalue weighted by atomic mass is 19.3. The lowest BCUT2D eigenvalue weighted by Crippen LogP contribution is -2.25. The van der Waals surface area contributed by atoms with Crippen LogP contribution in [0.3, 0.4) is 0 Å². The van der Waals surface area contributed by atoms with Gasteiger partial charge in [0.25, 0.3) is 5.92 Å². The van der Waals surface area contributed by atoms with Crippen LogP contribution in [0.25, 0.3) is 0 Å². The topological polar surface area (TPSA) is 44.8 Å². The van der Waals surface area contributed by atoms with Gasteiger partial charge in [-0.2, -0.15) is 0 Å². The van der Waals surface area contributed by atoms with Gasteiger partial charge < -0.3 is 9.88 Å². The summed E-state index contributed by atoms with van der Waals surface area (Å²) in [6.07, 6.45) is 3.93. The molecule has 2 aromatic rings. The van der Waals surface area contributed by atoms with Crippen LogP contribution < -0.4 is 4.90 Å². The van der Waals surface area contributed by atoms with Crippen LogP contribution in [0.15, 0.2) is 30.6 Å². The fraction of sp³-hybridized carbons (Fsp3) is 0.385. The quantitative estimate of drug-likeness (QED) is 0.924. The van der Waals surface area contributed by atoms with E-state index in [0.717, 1.165) is 11.4 Å². The zero-order valence-corrected chi connectivity index (χ0v) is 10.3. The lowest BCUT2D eigenvalue weighted by Gasteiger charge is -2.14. The van der Waals surface area contributed by atoms with Gasteiger partial charge in [0.05, 0.1) is 12.7 Å². The molecule has 0 saturated carbocycles. The maximum Gasteiger partial charge on any atom is 0.267 e. The third-order valence-corrected chi connectivity index (χ3v) is 3.18. The molecule has 0 bridgehead atoms. The second-order valence-electron chi connectivity index (χ2n) is 4.76. The van der Waals surface area contributed by atoms with Crippen LogP contribution in [0.1, 0.15) is 17.8 Å². The van der Waals surface area contributed by atoms with Crippen molar-refractivity contribution in [1.29, 1.82) is 0 Å². The predicted molar refractivity (Wildman–Crippen MR) is 67.4 cm³/mol. The maximum absolute atomic E-state index is 13.1. The average molecular weight is 264 g/mol. The minimum atomic E-state index is -2.60. The van der Waals surface area contributed by atoms with Crippen molar-refractivity contribution in [3.8, 4) is 0 Å². The molecule has 1 aliphatic heterocycles. The molecule has 3 rings (SSSR count). The first-order valence-corrected chi connectivity index (χ1v) is 6.19. The maximum atomic E-state index is 13.1. The van der Waals surface area contributed by atoms with Gasteiger partial charge in [-0.25, -0.2) is 13.8 Å².